The van der Waals surface area contributed by atoms with Crippen LogP contribution >= 0.6 is 0 Å². The van der Waals surface area contributed by atoms with Gasteiger partial charge in [-0.3, -0.25) is 0 Å². The molecular weight excluding hydrogens is 812 g/mol. The van der Waals surface area contributed by atoms with Crippen molar-refractivity contribution in [3.05, 3.63) is 74.4 Å². The van der Waals surface area contributed by atoms with Gasteiger partial charge in [0.05, 0.1) is 83.5 Å². The average Bonchev–Trinajstić information content (AvgIpc) is 3.22. The Bertz CT molecular complexity index is 978. The Balaban J connectivity index is -0.0000000704. The highest BCUT2D eigenvalue weighted by atomic mass is 16.4. The highest BCUT2D eigenvalue weighted by molar-refractivity contribution is 5.85. The molecule has 0 radical (unpaired) electrons. The summed E-state index contributed by atoms with van der Waals surface area (Å²) in [5.74, 6) is -5.75. The van der Waals surface area contributed by atoms with Gasteiger partial charge in [-0.25, -0.2) is 28.8 Å². The summed E-state index contributed by atoms with van der Waals surface area (Å²) >= 11 is 0. The second kappa shape index (κ2) is 50.0. The van der Waals surface area contributed by atoms with E-state index >= 15 is 0 Å². The average molecular weight is 881 g/mol. The molecule has 0 saturated carbocycles. The van der Waals surface area contributed by atoms with Crippen LogP contribution in [-0.4, -0.2) is 195 Å². The maximum Gasteiger partial charge on any atom is 0.330 e. The van der Waals surface area contributed by atoms with Gasteiger partial charge >= 0.3 is 35.8 Å². The Kier molecular flexibility index (Phi) is 63.0. The van der Waals surface area contributed by atoms with Crippen LogP contribution in [-0.2, 0) is 28.8 Å². The fraction of sp³-hybridized carbons (Fsp3) is 0.514. The zero-order valence-corrected chi connectivity index (χ0v) is 34.5. The molecule has 60 heavy (non-hydrogen) atoms. The molecule has 17 N–H and O–H groups in total. The van der Waals surface area contributed by atoms with Gasteiger partial charge in [-0.2, -0.15) is 0 Å². The zero-order valence-electron chi connectivity index (χ0n) is 34.5. The molecule has 23 nitrogen and oxygen atoms in total. The van der Waals surface area contributed by atoms with Crippen molar-refractivity contribution >= 4 is 35.8 Å². The van der Waals surface area contributed by atoms with E-state index in [1.165, 1.54) is 20.8 Å². The molecule has 0 aromatic rings. The smallest absolute Gasteiger partial charge is 0.330 e. The number of aliphatic carboxylic acids is 6. The van der Waals surface area contributed by atoms with E-state index in [1.54, 1.807) is 0 Å². The van der Waals surface area contributed by atoms with Gasteiger partial charge in [0.15, 0.2) is 0 Å². The Morgan fingerprint density at radius 1 is 0.367 bits per heavy atom. The van der Waals surface area contributed by atoms with Crippen molar-refractivity contribution < 1.29 is 116 Å². The molecule has 0 aromatic carbocycles. The molecule has 0 rings (SSSR count). The summed E-state index contributed by atoms with van der Waals surface area (Å²) < 4.78 is 0. The van der Waals surface area contributed by atoms with Crippen molar-refractivity contribution in [3.8, 4) is 0 Å². The van der Waals surface area contributed by atoms with Gasteiger partial charge in [-0.15, -0.1) is 0 Å². The lowest BCUT2D eigenvalue weighted by Gasteiger charge is -2.24. The molecule has 0 aliphatic heterocycles. The summed E-state index contributed by atoms with van der Waals surface area (Å²) in [6.07, 6.45) is 3.09. The fourth-order valence-electron chi connectivity index (χ4n) is 1.09. The third kappa shape index (κ3) is 59.5. The second-order valence-electron chi connectivity index (χ2n) is 11.5. The predicted octanol–water partition coefficient (Wildman–Crippen LogP) is -2.04. The van der Waals surface area contributed by atoms with Crippen molar-refractivity contribution in [2.45, 2.75) is 34.1 Å². The van der Waals surface area contributed by atoms with Crippen LogP contribution in [0, 0.1) is 16.2 Å². The maximum atomic E-state index is 9.60. The first-order valence-electron chi connectivity index (χ1n) is 16.4. The molecule has 0 atom stereocenters. The van der Waals surface area contributed by atoms with E-state index in [0.29, 0.717) is 6.42 Å². The predicted molar refractivity (Wildman–Crippen MR) is 216 cm³/mol. The first kappa shape index (κ1) is 75.6. The second-order valence-corrected chi connectivity index (χ2v) is 11.5. The highest BCUT2D eigenvalue weighted by Crippen LogP contribution is 2.18. The summed E-state index contributed by atoms with van der Waals surface area (Å²) in [7, 11) is 0. The van der Waals surface area contributed by atoms with Crippen LogP contribution in [0.25, 0.3) is 0 Å². The summed E-state index contributed by atoms with van der Waals surface area (Å²) in [5, 5.41) is 140. The highest BCUT2D eigenvalue weighted by Gasteiger charge is 2.27. The van der Waals surface area contributed by atoms with E-state index in [-0.39, 0.29) is 36.5 Å². The van der Waals surface area contributed by atoms with E-state index in [0.717, 1.165) is 18.2 Å². The Hall–Kier alpha value is -5.18. The summed E-state index contributed by atoms with van der Waals surface area (Å²) in [6, 6.07) is 0. The number of aliphatic hydroxyl groups excluding tert-OH is 11. The van der Waals surface area contributed by atoms with Gasteiger partial charge in [0.2, 0.25) is 0 Å². The molecule has 23 heteroatoms. The monoisotopic (exact) mass is 880 g/mol. The van der Waals surface area contributed by atoms with Gasteiger partial charge in [0, 0.05) is 40.4 Å². The Morgan fingerprint density at radius 3 is 0.467 bits per heavy atom. The van der Waals surface area contributed by atoms with Crippen LogP contribution in [0.5, 0.6) is 0 Å². The van der Waals surface area contributed by atoms with Crippen molar-refractivity contribution in [1.29, 1.82) is 0 Å². The summed E-state index contributed by atoms with van der Waals surface area (Å²) in [4.78, 5) is 56.5. The molecule has 0 heterocycles. The van der Waals surface area contributed by atoms with Gasteiger partial charge < -0.3 is 86.8 Å². The number of carboxylic acid groups (broad SMARTS) is 6. The number of carbonyl (C=O) groups is 6. The first-order chi connectivity index (χ1) is 27.5. The van der Waals surface area contributed by atoms with Crippen LogP contribution in [0.3, 0.4) is 0 Å². The summed E-state index contributed by atoms with van der Waals surface area (Å²) in [6.45, 7) is 20.8. The molecule has 0 aliphatic rings. The SMILES string of the molecule is C=C(C)C(=O)O.C=C(C)C(=O)O.C=C(C)C(=O)O.C=CC(=O)O.C=CC(=O)O.C=CC(=O)O.CCC(CO)(CO)CO.OCC(CO)(CO)CO.OCC(CO)(CO)CO. The number of hydrogen-bond donors (Lipinski definition) is 17. The van der Waals surface area contributed by atoms with Gasteiger partial charge in [-0.1, -0.05) is 46.4 Å². The van der Waals surface area contributed by atoms with Crippen LogP contribution in [0.2, 0.25) is 0 Å². The summed E-state index contributed by atoms with van der Waals surface area (Å²) in [5.41, 5.74) is -2.36. The van der Waals surface area contributed by atoms with E-state index < -0.39 is 105 Å². The van der Waals surface area contributed by atoms with Crippen LogP contribution in [0.4, 0.5) is 0 Å². The van der Waals surface area contributed by atoms with E-state index in [4.69, 9.17) is 86.8 Å². The van der Waals surface area contributed by atoms with Crippen molar-refractivity contribution in [2.24, 2.45) is 16.2 Å². The maximum absolute atomic E-state index is 9.60. The van der Waals surface area contributed by atoms with Crippen LogP contribution in [0.15, 0.2) is 74.4 Å². The Labute approximate surface area is 348 Å². The molecule has 0 aromatic heterocycles. The van der Waals surface area contributed by atoms with Crippen molar-refractivity contribution in [3.63, 3.8) is 0 Å². The lowest BCUT2D eigenvalue weighted by molar-refractivity contribution is -0.133. The zero-order chi connectivity index (χ0) is 50.3. The molecular formula is C37H68O23. The number of rotatable bonds is 18. The minimum atomic E-state index is -1.11. The number of aliphatic hydroxyl groups is 11. The van der Waals surface area contributed by atoms with Gasteiger partial charge in [0.1, 0.15) is 0 Å². The molecule has 0 aliphatic carbocycles. The van der Waals surface area contributed by atoms with Crippen molar-refractivity contribution in [2.75, 3.05) is 72.7 Å². The quantitative estimate of drug-likeness (QED) is 0.0659. The molecule has 0 spiro atoms. The van der Waals surface area contributed by atoms with E-state index in [1.807, 2.05) is 6.92 Å². The lowest BCUT2D eigenvalue weighted by Crippen LogP contribution is -2.37. The molecule has 0 saturated heterocycles. The van der Waals surface area contributed by atoms with Crippen molar-refractivity contribution in [1.82, 2.24) is 0 Å². The van der Waals surface area contributed by atoms with E-state index in [9.17, 15) is 28.8 Å². The fourth-order valence-corrected chi connectivity index (χ4v) is 1.09. The molecule has 354 valence electrons. The minimum Gasteiger partial charge on any atom is -0.478 e. The van der Waals surface area contributed by atoms with Gasteiger partial charge in [0.25, 0.3) is 0 Å². The number of carboxylic acids is 6. The largest absolute Gasteiger partial charge is 0.478 e. The molecule has 0 amide bonds. The van der Waals surface area contributed by atoms with Crippen LogP contribution < -0.4 is 0 Å². The third-order valence-corrected chi connectivity index (χ3v) is 6.06. The Morgan fingerprint density at radius 2 is 0.467 bits per heavy atom. The third-order valence-electron chi connectivity index (χ3n) is 6.06. The standard InChI is InChI=1S/C6H14O3.2C5H12O4.3C4H6O2.3C3H4O2/c1-2-6(3-7,4-8)5-9;2*6-1-5(2-7,3-8)4-9;3*1-3(2)4(5)6;3*1-2-3(4)5/h7-9H,2-5H2,1H3;2*6-9H,1-4H2;3*1H2,2H3,(H,5,6);3*2H,1H2,(H,4,5). The first-order valence-corrected chi connectivity index (χ1v) is 16.4. The van der Waals surface area contributed by atoms with Gasteiger partial charge in [-0.05, 0) is 27.2 Å². The molecule has 0 bridgehead atoms. The topological polar surface area (TPSA) is 446 Å². The number of hydrogen-bond acceptors (Lipinski definition) is 17. The molecule has 0 unspecified atom stereocenters. The molecule has 0 fully saturated rings. The minimum absolute atomic E-state index is 0.156. The normalized spacial score (nSPS) is 9.25. The van der Waals surface area contributed by atoms with E-state index in [2.05, 4.69) is 39.5 Å². The lowest BCUT2D eigenvalue weighted by atomic mass is 9.88. The van der Waals surface area contributed by atoms with Crippen LogP contribution in [0.1, 0.15) is 34.1 Å².